The predicted octanol–water partition coefficient (Wildman–Crippen LogP) is 0.929. The molecule has 0 N–H and O–H groups in total. The number of barbiturate groups is 1. The Kier molecular flexibility index (Phi) is 3.99. The van der Waals surface area contributed by atoms with E-state index in [1.54, 1.807) is 12.1 Å². The average molecular weight is 374 g/mol. The molecule has 2 saturated heterocycles. The summed E-state index contributed by atoms with van der Waals surface area (Å²) in [6.07, 6.45) is 0.0957. The first-order valence-electron chi connectivity index (χ1n) is 9.19. The number of carbonyl (C=O) groups is 3. The van der Waals surface area contributed by atoms with Crippen LogP contribution in [0.3, 0.4) is 0 Å². The van der Waals surface area contributed by atoms with E-state index in [1.165, 1.54) is 20.2 Å². The van der Waals surface area contributed by atoms with E-state index < -0.39 is 29.3 Å². The van der Waals surface area contributed by atoms with Gasteiger partial charge in [0.2, 0.25) is 11.8 Å². The Balaban J connectivity index is 1.92. The second kappa shape index (κ2) is 6.02. The van der Waals surface area contributed by atoms with Crippen molar-refractivity contribution in [1.29, 1.82) is 0 Å². The Labute approximate surface area is 157 Å². The molecule has 144 valence electrons. The Morgan fingerprint density at radius 3 is 2.41 bits per heavy atom. The summed E-state index contributed by atoms with van der Waals surface area (Å²) in [7, 11) is 2.81. The van der Waals surface area contributed by atoms with Crippen LogP contribution in [0.1, 0.15) is 12.5 Å². The predicted molar refractivity (Wildman–Crippen MR) is 96.7 cm³/mol. The van der Waals surface area contributed by atoms with E-state index in [0.29, 0.717) is 24.3 Å². The van der Waals surface area contributed by atoms with Gasteiger partial charge in [0, 0.05) is 33.7 Å². The van der Waals surface area contributed by atoms with Gasteiger partial charge in [-0.05, 0) is 24.6 Å². The van der Waals surface area contributed by atoms with Gasteiger partial charge in [-0.2, -0.15) is 0 Å². The number of carbonyl (C=O) groups excluding carboxylic acids is 3. The molecule has 8 heteroatoms. The number of hydrogen-bond acceptors (Lipinski definition) is 5. The molecular formula is C19H23FN4O3. The van der Waals surface area contributed by atoms with Crippen molar-refractivity contribution in [3.8, 4) is 0 Å². The maximum absolute atomic E-state index is 14.7. The van der Waals surface area contributed by atoms with Gasteiger partial charge in [-0.1, -0.05) is 19.1 Å². The van der Waals surface area contributed by atoms with Gasteiger partial charge in [-0.15, -0.1) is 0 Å². The number of hydrogen-bond donors (Lipinski definition) is 0. The molecule has 1 unspecified atom stereocenters. The maximum Gasteiger partial charge on any atom is 0.332 e. The number of halogens is 1. The molecule has 0 radical (unpaired) electrons. The van der Waals surface area contributed by atoms with Crippen molar-refractivity contribution >= 4 is 23.5 Å². The Hall–Kier alpha value is -2.48. The first kappa shape index (κ1) is 17.9. The quantitative estimate of drug-likeness (QED) is 0.685. The lowest BCUT2D eigenvalue weighted by atomic mass is 9.67. The van der Waals surface area contributed by atoms with E-state index in [0.717, 1.165) is 22.9 Å². The second-order valence-electron chi connectivity index (χ2n) is 7.51. The summed E-state index contributed by atoms with van der Waals surface area (Å²) in [5, 5.41) is 0. The minimum atomic E-state index is -1.42. The van der Waals surface area contributed by atoms with Crippen LogP contribution >= 0.6 is 0 Å². The van der Waals surface area contributed by atoms with Gasteiger partial charge in [0.1, 0.15) is 5.82 Å². The molecule has 4 amide bonds. The zero-order valence-electron chi connectivity index (χ0n) is 15.7. The molecule has 3 heterocycles. The molecular weight excluding hydrogens is 351 g/mol. The SMILES string of the molecule is CCN1CCN2c3c(F)cccc3CC3(C(=O)N(C)C(=O)N(C)C3=O)C2C1. The van der Waals surface area contributed by atoms with Gasteiger partial charge in [0.15, 0.2) is 5.41 Å². The highest BCUT2D eigenvalue weighted by atomic mass is 19.1. The Morgan fingerprint density at radius 1 is 1.11 bits per heavy atom. The van der Waals surface area contributed by atoms with Crippen LogP contribution in [0.4, 0.5) is 14.9 Å². The van der Waals surface area contributed by atoms with Crippen LogP contribution in [0.2, 0.25) is 0 Å². The van der Waals surface area contributed by atoms with Gasteiger partial charge in [-0.25, -0.2) is 9.18 Å². The van der Waals surface area contributed by atoms with E-state index in [9.17, 15) is 18.8 Å². The molecule has 7 nitrogen and oxygen atoms in total. The monoisotopic (exact) mass is 374 g/mol. The van der Waals surface area contributed by atoms with Crippen molar-refractivity contribution in [2.75, 3.05) is 45.2 Å². The lowest BCUT2D eigenvalue weighted by Crippen LogP contribution is -2.74. The number of para-hydroxylation sites is 1. The van der Waals surface area contributed by atoms with Gasteiger partial charge >= 0.3 is 6.03 Å². The molecule has 3 aliphatic rings. The molecule has 1 atom stereocenters. The zero-order chi connectivity index (χ0) is 19.5. The summed E-state index contributed by atoms with van der Waals surface area (Å²) in [5.74, 6) is -1.34. The number of piperazine rings is 1. The molecule has 4 rings (SSSR count). The van der Waals surface area contributed by atoms with Gasteiger partial charge in [0.05, 0.1) is 11.7 Å². The van der Waals surface area contributed by atoms with Crippen molar-refractivity contribution in [3.63, 3.8) is 0 Å². The van der Waals surface area contributed by atoms with Crippen LogP contribution in [0.5, 0.6) is 0 Å². The average Bonchev–Trinajstić information content (AvgIpc) is 2.68. The molecule has 1 spiro atoms. The van der Waals surface area contributed by atoms with Crippen molar-refractivity contribution in [2.45, 2.75) is 19.4 Å². The second-order valence-corrected chi connectivity index (χ2v) is 7.51. The smallest absolute Gasteiger partial charge is 0.332 e. The summed E-state index contributed by atoms with van der Waals surface area (Å²) in [4.78, 5) is 45.0. The third-order valence-corrected chi connectivity index (χ3v) is 6.25. The van der Waals surface area contributed by atoms with Crippen LogP contribution < -0.4 is 4.90 Å². The number of rotatable bonds is 1. The summed E-state index contributed by atoms with van der Waals surface area (Å²) < 4.78 is 14.7. The lowest BCUT2D eigenvalue weighted by molar-refractivity contribution is -0.160. The minimum Gasteiger partial charge on any atom is -0.362 e. The van der Waals surface area contributed by atoms with Gasteiger partial charge in [-0.3, -0.25) is 24.3 Å². The van der Waals surface area contributed by atoms with E-state index in [1.807, 2.05) is 11.8 Å². The summed E-state index contributed by atoms with van der Waals surface area (Å²) >= 11 is 0. The molecule has 3 aliphatic heterocycles. The van der Waals surface area contributed by atoms with Crippen molar-refractivity contribution in [3.05, 3.63) is 29.6 Å². The van der Waals surface area contributed by atoms with Crippen LogP contribution in [-0.2, 0) is 16.0 Å². The fourth-order valence-corrected chi connectivity index (χ4v) is 4.78. The minimum absolute atomic E-state index is 0.0957. The largest absolute Gasteiger partial charge is 0.362 e. The standard InChI is InChI=1S/C19H23FN4O3/c1-4-23-8-9-24-14(11-23)19(10-12-6-5-7-13(20)15(12)24)16(25)21(2)18(27)22(3)17(19)26/h5-7,14H,4,8-11H2,1-3H3. The van der Waals surface area contributed by atoms with E-state index in [2.05, 4.69) is 4.90 Å². The first-order chi connectivity index (χ1) is 12.8. The fraction of sp³-hybridized carbons (Fsp3) is 0.526. The summed E-state index contributed by atoms with van der Waals surface area (Å²) in [5.41, 5.74) is -0.313. The van der Waals surface area contributed by atoms with E-state index >= 15 is 0 Å². The van der Waals surface area contributed by atoms with Crippen LogP contribution in [0.25, 0.3) is 0 Å². The van der Waals surface area contributed by atoms with Gasteiger partial charge in [0.25, 0.3) is 0 Å². The van der Waals surface area contributed by atoms with E-state index in [-0.39, 0.29) is 12.2 Å². The first-order valence-corrected chi connectivity index (χ1v) is 9.19. The topological polar surface area (TPSA) is 64.2 Å². The highest BCUT2D eigenvalue weighted by Gasteiger charge is 2.64. The third-order valence-electron chi connectivity index (χ3n) is 6.25. The molecule has 0 aliphatic carbocycles. The Morgan fingerprint density at radius 2 is 1.78 bits per heavy atom. The number of likely N-dealkylation sites (N-methyl/N-ethyl adjacent to an activating group) is 1. The molecule has 0 bridgehead atoms. The molecule has 1 aromatic carbocycles. The molecule has 1 aromatic rings. The zero-order valence-corrected chi connectivity index (χ0v) is 15.7. The van der Waals surface area contributed by atoms with Gasteiger partial charge < -0.3 is 4.90 Å². The molecule has 27 heavy (non-hydrogen) atoms. The lowest BCUT2D eigenvalue weighted by Gasteiger charge is -2.56. The van der Waals surface area contributed by atoms with Crippen molar-refractivity contribution in [2.24, 2.45) is 5.41 Å². The third kappa shape index (κ3) is 2.25. The number of nitrogens with zero attached hydrogens (tertiary/aromatic N) is 4. The number of benzene rings is 1. The number of amides is 4. The summed E-state index contributed by atoms with van der Waals surface area (Å²) in [6.45, 7) is 4.51. The van der Waals surface area contributed by atoms with Crippen LogP contribution in [-0.4, -0.2) is 78.9 Å². The highest BCUT2D eigenvalue weighted by molar-refractivity contribution is 6.20. The molecule has 0 aromatic heterocycles. The normalized spacial score (nSPS) is 25.1. The van der Waals surface area contributed by atoms with Crippen molar-refractivity contribution < 1.29 is 18.8 Å². The van der Waals surface area contributed by atoms with Crippen LogP contribution in [0, 0.1) is 11.2 Å². The van der Waals surface area contributed by atoms with E-state index in [4.69, 9.17) is 0 Å². The fourth-order valence-electron chi connectivity index (χ4n) is 4.78. The van der Waals surface area contributed by atoms with Crippen molar-refractivity contribution in [1.82, 2.24) is 14.7 Å². The highest BCUT2D eigenvalue weighted by Crippen LogP contribution is 2.47. The van der Waals surface area contributed by atoms with Crippen LogP contribution in [0.15, 0.2) is 18.2 Å². The number of imide groups is 2. The Bertz CT molecular complexity index is 818. The number of fused-ring (bicyclic) bond motifs is 4. The summed E-state index contributed by atoms with van der Waals surface area (Å²) in [6, 6.07) is 3.62. The molecule has 0 saturated carbocycles. The number of anilines is 1. The number of urea groups is 1. The maximum atomic E-state index is 14.7. The molecule has 2 fully saturated rings.